The van der Waals surface area contributed by atoms with Crippen molar-refractivity contribution in [1.82, 2.24) is 4.90 Å². The number of likely N-dealkylation sites (tertiary alicyclic amines) is 1. The highest BCUT2D eigenvalue weighted by molar-refractivity contribution is 5.95. The van der Waals surface area contributed by atoms with E-state index in [0.29, 0.717) is 0 Å². The number of hydrogen-bond donors (Lipinski definition) is 1. The second kappa shape index (κ2) is 4.19. The van der Waals surface area contributed by atoms with Crippen LogP contribution in [0.1, 0.15) is 22.3 Å². The molecule has 0 unspecified atom stereocenters. The monoisotopic (exact) mass is 259 g/mol. The van der Waals surface area contributed by atoms with Crippen LogP contribution < -0.4 is 0 Å². The third-order valence-electron chi connectivity index (χ3n) is 2.97. The van der Waals surface area contributed by atoms with E-state index >= 15 is 0 Å². The van der Waals surface area contributed by atoms with Crippen molar-refractivity contribution in [1.29, 1.82) is 0 Å². The molecule has 0 spiro atoms. The Morgan fingerprint density at radius 2 is 2.11 bits per heavy atom. The zero-order valence-corrected chi connectivity index (χ0v) is 9.71. The second-order valence-corrected chi connectivity index (χ2v) is 4.45. The van der Waals surface area contributed by atoms with Crippen LogP contribution in [0.2, 0.25) is 0 Å². The number of phenolic OH excluding ortho intramolecular Hbond substituents is 1. The van der Waals surface area contributed by atoms with Gasteiger partial charge in [0.2, 0.25) is 0 Å². The molecule has 1 aliphatic heterocycles. The van der Waals surface area contributed by atoms with Crippen LogP contribution in [0, 0.1) is 12.7 Å². The largest absolute Gasteiger partial charge is 0.508 e. The molecule has 1 fully saturated rings. The number of rotatable bonds is 1. The van der Waals surface area contributed by atoms with Crippen LogP contribution in [0.3, 0.4) is 0 Å². The Labute approximate surface area is 102 Å². The standard InChI is InChI=1S/C12H12F3NO2/c1-7-4-9(13)8(5-10(7)17)11(18)16-3-2-12(14,15)6-16/h4-5,17H,2-3,6H2,1H3. The van der Waals surface area contributed by atoms with Crippen molar-refractivity contribution in [2.24, 2.45) is 0 Å². The molecule has 1 aromatic rings. The van der Waals surface area contributed by atoms with Gasteiger partial charge in [0, 0.05) is 13.0 Å². The molecule has 98 valence electrons. The van der Waals surface area contributed by atoms with Gasteiger partial charge >= 0.3 is 0 Å². The minimum atomic E-state index is -2.92. The molecule has 0 aromatic heterocycles. The number of benzene rings is 1. The topological polar surface area (TPSA) is 40.5 Å². The third-order valence-corrected chi connectivity index (χ3v) is 2.97. The lowest BCUT2D eigenvalue weighted by Gasteiger charge is -2.16. The maximum Gasteiger partial charge on any atom is 0.267 e. The molecule has 1 saturated heterocycles. The number of amides is 1. The molecule has 0 saturated carbocycles. The number of phenols is 1. The third kappa shape index (κ3) is 2.27. The van der Waals surface area contributed by atoms with Gasteiger partial charge in [0.1, 0.15) is 11.6 Å². The Hall–Kier alpha value is -1.72. The summed E-state index contributed by atoms with van der Waals surface area (Å²) < 4.78 is 39.5. The zero-order chi connectivity index (χ0) is 13.5. The molecule has 1 N–H and O–H groups in total. The molecular weight excluding hydrogens is 247 g/mol. The van der Waals surface area contributed by atoms with Crippen molar-refractivity contribution >= 4 is 5.91 Å². The van der Waals surface area contributed by atoms with Crippen LogP contribution in [-0.2, 0) is 0 Å². The van der Waals surface area contributed by atoms with E-state index in [2.05, 4.69) is 0 Å². The second-order valence-electron chi connectivity index (χ2n) is 4.45. The Morgan fingerprint density at radius 1 is 1.44 bits per heavy atom. The van der Waals surface area contributed by atoms with E-state index in [4.69, 9.17) is 0 Å². The van der Waals surface area contributed by atoms with Crippen molar-refractivity contribution in [3.63, 3.8) is 0 Å². The number of hydrogen-bond acceptors (Lipinski definition) is 2. The van der Waals surface area contributed by atoms with Crippen LogP contribution in [0.15, 0.2) is 12.1 Å². The molecule has 1 heterocycles. The number of halogens is 3. The Bertz CT molecular complexity index is 502. The van der Waals surface area contributed by atoms with Gasteiger partial charge in [-0.15, -0.1) is 0 Å². The van der Waals surface area contributed by atoms with Gasteiger partial charge in [-0.25, -0.2) is 13.2 Å². The number of nitrogens with zero attached hydrogens (tertiary/aromatic N) is 1. The van der Waals surface area contributed by atoms with E-state index in [1.165, 1.54) is 6.92 Å². The number of aryl methyl sites for hydroxylation is 1. The Balaban J connectivity index is 2.27. The van der Waals surface area contributed by atoms with Gasteiger partial charge in [-0.05, 0) is 24.6 Å². The Kier molecular flexibility index (Phi) is 2.96. The first-order chi connectivity index (χ1) is 8.30. The minimum Gasteiger partial charge on any atom is -0.508 e. The molecular formula is C12H12F3NO2. The lowest BCUT2D eigenvalue weighted by atomic mass is 10.1. The lowest BCUT2D eigenvalue weighted by Crippen LogP contribution is -2.32. The van der Waals surface area contributed by atoms with Crippen LogP contribution in [0.4, 0.5) is 13.2 Å². The molecule has 2 rings (SSSR count). The van der Waals surface area contributed by atoms with Gasteiger partial charge in [-0.2, -0.15) is 0 Å². The average Bonchev–Trinajstić information content (AvgIpc) is 2.63. The summed E-state index contributed by atoms with van der Waals surface area (Å²) in [5.41, 5.74) is -0.0911. The van der Waals surface area contributed by atoms with Gasteiger partial charge in [0.25, 0.3) is 11.8 Å². The summed E-state index contributed by atoms with van der Waals surface area (Å²) in [7, 11) is 0. The predicted molar refractivity (Wildman–Crippen MR) is 58.3 cm³/mol. The van der Waals surface area contributed by atoms with Gasteiger partial charge < -0.3 is 10.0 Å². The molecule has 6 heteroatoms. The van der Waals surface area contributed by atoms with Crippen LogP contribution in [0.5, 0.6) is 5.75 Å². The van der Waals surface area contributed by atoms with Gasteiger partial charge in [0.15, 0.2) is 0 Å². The first-order valence-electron chi connectivity index (χ1n) is 5.46. The number of carbonyl (C=O) groups excluding carboxylic acids is 1. The Morgan fingerprint density at radius 3 is 2.67 bits per heavy atom. The van der Waals surface area contributed by atoms with E-state index in [9.17, 15) is 23.1 Å². The quantitative estimate of drug-likeness (QED) is 0.840. The summed E-state index contributed by atoms with van der Waals surface area (Å²) in [5, 5.41) is 9.43. The first-order valence-corrected chi connectivity index (χ1v) is 5.46. The number of aromatic hydroxyl groups is 1. The van der Waals surface area contributed by atoms with Crippen LogP contribution >= 0.6 is 0 Å². The fourth-order valence-electron chi connectivity index (χ4n) is 1.90. The summed E-state index contributed by atoms with van der Waals surface area (Å²) in [4.78, 5) is 12.8. The maximum atomic E-state index is 13.6. The predicted octanol–water partition coefficient (Wildman–Crippen LogP) is 2.32. The number of carbonyl (C=O) groups is 1. The van der Waals surface area contributed by atoms with E-state index in [0.717, 1.165) is 17.0 Å². The van der Waals surface area contributed by atoms with Gasteiger partial charge in [0.05, 0.1) is 12.1 Å². The van der Waals surface area contributed by atoms with Crippen LogP contribution in [0.25, 0.3) is 0 Å². The molecule has 1 aromatic carbocycles. The van der Waals surface area contributed by atoms with E-state index < -0.39 is 30.6 Å². The number of alkyl halides is 2. The summed E-state index contributed by atoms with van der Waals surface area (Å²) in [6, 6.07) is 1.99. The molecule has 0 aliphatic carbocycles. The van der Waals surface area contributed by atoms with Gasteiger partial charge in [-0.3, -0.25) is 4.79 Å². The van der Waals surface area contributed by atoms with Crippen LogP contribution in [-0.4, -0.2) is 34.9 Å². The lowest BCUT2D eigenvalue weighted by molar-refractivity contribution is 0.0119. The minimum absolute atomic E-state index is 0.111. The van der Waals surface area contributed by atoms with Crippen molar-refractivity contribution in [3.8, 4) is 5.75 Å². The van der Waals surface area contributed by atoms with Crippen molar-refractivity contribution < 1.29 is 23.1 Å². The van der Waals surface area contributed by atoms with E-state index in [-0.39, 0.29) is 23.4 Å². The summed E-state index contributed by atoms with van der Waals surface area (Å²) in [5.74, 6) is -4.78. The highest BCUT2D eigenvalue weighted by Gasteiger charge is 2.41. The van der Waals surface area contributed by atoms with Crippen molar-refractivity contribution in [3.05, 3.63) is 29.1 Å². The van der Waals surface area contributed by atoms with Crippen molar-refractivity contribution in [2.45, 2.75) is 19.3 Å². The smallest absolute Gasteiger partial charge is 0.267 e. The molecule has 0 atom stereocenters. The van der Waals surface area contributed by atoms with Gasteiger partial charge in [-0.1, -0.05) is 0 Å². The van der Waals surface area contributed by atoms with Crippen molar-refractivity contribution in [2.75, 3.05) is 13.1 Å². The SMILES string of the molecule is Cc1cc(F)c(C(=O)N2CCC(F)(F)C2)cc1O. The summed E-state index contributed by atoms with van der Waals surface area (Å²) >= 11 is 0. The van der Waals surface area contributed by atoms with E-state index in [1.807, 2.05) is 0 Å². The average molecular weight is 259 g/mol. The normalized spacial score (nSPS) is 18.1. The fourth-order valence-corrected chi connectivity index (χ4v) is 1.90. The highest BCUT2D eigenvalue weighted by atomic mass is 19.3. The van der Waals surface area contributed by atoms with E-state index in [1.54, 1.807) is 0 Å². The molecule has 1 aliphatic rings. The highest BCUT2D eigenvalue weighted by Crippen LogP contribution is 2.29. The molecule has 0 bridgehead atoms. The molecule has 1 amide bonds. The zero-order valence-electron chi connectivity index (χ0n) is 9.71. The summed E-state index contributed by atoms with van der Waals surface area (Å²) in [6.07, 6.45) is -0.418. The summed E-state index contributed by atoms with van der Waals surface area (Å²) in [6.45, 7) is 0.663. The first kappa shape index (κ1) is 12.7. The molecule has 18 heavy (non-hydrogen) atoms. The molecule has 0 radical (unpaired) electrons. The maximum absolute atomic E-state index is 13.6. The molecule has 3 nitrogen and oxygen atoms in total. The fraction of sp³-hybridized carbons (Fsp3) is 0.417.